The summed E-state index contributed by atoms with van der Waals surface area (Å²) in [7, 11) is 0. The molecule has 1 amide bonds. The van der Waals surface area contributed by atoms with Crippen LogP contribution in [0.3, 0.4) is 0 Å². The van der Waals surface area contributed by atoms with Crippen LogP contribution in [0.4, 0.5) is 17.6 Å². The number of benzene rings is 1. The number of amides is 1. The van der Waals surface area contributed by atoms with Gasteiger partial charge in [-0.3, -0.25) is 4.79 Å². The van der Waals surface area contributed by atoms with Gasteiger partial charge in [0.05, 0.1) is 6.61 Å². The highest BCUT2D eigenvalue weighted by atomic mass is 19.4. The topological polar surface area (TPSA) is 47.6 Å². The van der Waals surface area contributed by atoms with E-state index in [0.29, 0.717) is 12.2 Å². The van der Waals surface area contributed by atoms with Crippen LogP contribution in [0.25, 0.3) is 0 Å². The minimum atomic E-state index is -4.47. The van der Waals surface area contributed by atoms with Gasteiger partial charge in [-0.05, 0) is 24.6 Å². The lowest BCUT2D eigenvalue weighted by Gasteiger charge is -2.09. The van der Waals surface area contributed by atoms with E-state index in [0.717, 1.165) is 0 Å². The van der Waals surface area contributed by atoms with Gasteiger partial charge >= 0.3 is 6.18 Å². The predicted molar refractivity (Wildman–Crippen MR) is 66.3 cm³/mol. The van der Waals surface area contributed by atoms with Crippen LogP contribution in [-0.4, -0.2) is 31.9 Å². The Morgan fingerprint density at radius 3 is 2.62 bits per heavy atom. The van der Waals surface area contributed by atoms with Crippen molar-refractivity contribution in [3.8, 4) is 5.75 Å². The molecule has 0 aromatic heterocycles. The molecule has 0 spiro atoms. The molecule has 0 radical (unpaired) electrons. The number of carbonyl (C=O) groups excluding carboxylic acids is 1. The molecule has 21 heavy (non-hydrogen) atoms. The van der Waals surface area contributed by atoms with E-state index in [4.69, 9.17) is 4.74 Å². The summed E-state index contributed by atoms with van der Waals surface area (Å²) < 4.78 is 58.1. The maximum atomic E-state index is 13.5. The zero-order chi connectivity index (χ0) is 15.9. The molecular weight excluding hydrogens is 294 g/mol. The van der Waals surface area contributed by atoms with Gasteiger partial charge in [-0.2, -0.15) is 13.2 Å². The number of carbonyl (C=O) groups is 1. The summed E-state index contributed by atoms with van der Waals surface area (Å²) in [6.45, 7) is -0.174. The molecule has 0 aliphatic heterocycles. The van der Waals surface area contributed by atoms with E-state index in [9.17, 15) is 22.4 Å². The van der Waals surface area contributed by atoms with Crippen LogP contribution in [-0.2, 0) is 16.1 Å². The lowest BCUT2D eigenvalue weighted by molar-refractivity contribution is -0.175. The summed E-state index contributed by atoms with van der Waals surface area (Å²) in [5.41, 5.74) is 0.458. The molecule has 0 fully saturated rings. The largest absolute Gasteiger partial charge is 0.491 e. The maximum Gasteiger partial charge on any atom is 0.411 e. The lowest BCUT2D eigenvalue weighted by atomic mass is 10.2. The summed E-state index contributed by atoms with van der Waals surface area (Å²) in [6.07, 6.45) is -4.47. The van der Waals surface area contributed by atoms with Crippen molar-refractivity contribution in [1.29, 1.82) is 0 Å². The van der Waals surface area contributed by atoms with Crippen LogP contribution in [0.5, 0.6) is 5.75 Å². The van der Waals surface area contributed by atoms with E-state index < -0.39 is 31.1 Å². The lowest BCUT2D eigenvalue weighted by Crippen LogP contribution is -2.29. The first-order valence-corrected chi connectivity index (χ1v) is 6.14. The number of ether oxygens (including phenoxy) is 2. The smallest absolute Gasteiger partial charge is 0.411 e. The molecule has 1 N–H and O–H groups in total. The van der Waals surface area contributed by atoms with E-state index in [1.807, 2.05) is 0 Å². The highest BCUT2D eigenvalue weighted by molar-refractivity contribution is 5.77. The third-order valence-corrected chi connectivity index (χ3v) is 2.28. The quantitative estimate of drug-likeness (QED) is 0.787. The number of hydrogen-bond acceptors (Lipinski definition) is 3. The molecule has 1 aromatic rings. The third-order valence-electron chi connectivity index (χ3n) is 2.28. The molecule has 0 unspecified atom stereocenters. The fourth-order valence-corrected chi connectivity index (χ4v) is 1.44. The zero-order valence-corrected chi connectivity index (χ0v) is 11.3. The average molecular weight is 309 g/mol. The highest BCUT2D eigenvalue weighted by Crippen LogP contribution is 2.18. The van der Waals surface area contributed by atoms with Gasteiger partial charge in [0.2, 0.25) is 5.91 Å². The fraction of sp³-hybridized carbons (Fsp3) is 0.462. The molecule has 118 valence electrons. The molecule has 0 saturated heterocycles. The van der Waals surface area contributed by atoms with Gasteiger partial charge in [0.25, 0.3) is 0 Å². The molecule has 0 heterocycles. The van der Waals surface area contributed by atoms with Crippen LogP contribution in [0.15, 0.2) is 18.2 Å². The molecule has 8 heteroatoms. The molecule has 0 saturated carbocycles. The van der Waals surface area contributed by atoms with Crippen molar-refractivity contribution in [2.75, 3.05) is 19.8 Å². The van der Waals surface area contributed by atoms with Crippen LogP contribution >= 0.6 is 0 Å². The van der Waals surface area contributed by atoms with Crippen LogP contribution in [0.2, 0.25) is 0 Å². The van der Waals surface area contributed by atoms with Crippen molar-refractivity contribution in [3.05, 3.63) is 29.6 Å². The highest BCUT2D eigenvalue weighted by Gasteiger charge is 2.27. The fourth-order valence-electron chi connectivity index (χ4n) is 1.44. The summed E-state index contributed by atoms with van der Waals surface area (Å²) >= 11 is 0. The summed E-state index contributed by atoms with van der Waals surface area (Å²) in [4.78, 5) is 11.2. The van der Waals surface area contributed by atoms with Gasteiger partial charge in [0, 0.05) is 6.54 Å². The number of hydrogen-bond donors (Lipinski definition) is 1. The Hall–Kier alpha value is -1.83. The Labute approximate surface area is 119 Å². The summed E-state index contributed by atoms with van der Waals surface area (Å²) in [5, 5.41) is 2.33. The van der Waals surface area contributed by atoms with Crippen molar-refractivity contribution >= 4 is 5.91 Å². The van der Waals surface area contributed by atoms with Gasteiger partial charge in [0.1, 0.15) is 13.2 Å². The predicted octanol–water partition coefficient (Wildman–Crippen LogP) is 2.42. The van der Waals surface area contributed by atoms with E-state index in [-0.39, 0.29) is 12.3 Å². The van der Waals surface area contributed by atoms with Crippen molar-refractivity contribution in [2.24, 2.45) is 0 Å². The van der Waals surface area contributed by atoms with Crippen molar-refractivity contribution < 1.29 is 31.8 Å². The maximum absolute atomic E-state index is 13.5. The molecule has 0 aliphatic rings. The minimum Gasteiger partial charge on any atom is -0.491 e. The van der Waals surface area contributed by atoms with E-state index in [2.05, 4.69) is 10.1 Å². The third kappa shape index (κ3) is 6.94. The first-order chi connectivity index (χ1) is 9.81. The SMILES string of the molecule is CCOc1ccc(CNC(=O)COCC(F)(F)F)cc1F. The number of nitrogens with one attached hydrogen (secondary N) is 1. The Kier molecular flexibility index (Phi) is 6.41. The second kappa shape index (κ2) is 7.82. The van der Waals surface area contributed by atoms with Crippen molar-refractivity contribution in [2.45, 2.75) is 19.6 Å². The first kappa shape index (κ1) is 17.2. The second-order valence-corrected chi connectivity index (χ2v) is 4.08. The first-order valence-electron chi connectivity index (χ1n) is 6.14. The Balaban J connectivity index is 2.38. The van der Waals surface area contributed by atoms with Crippen molar-refractivity contribution in [1.82, 2.24) is 5.32 Å². The normalized spacial score (nSPS) is 11.3. The summed E-state index contributed by atoms with van der Waals surface area (Å²) in [6, 6.07) is 4.15. The Morgan fingerprint density at radius 1 is 1.33 bits per heavy atom. The zero-order valence-electron chi connectivity index (χ0n) is 11.3. The molecule has 1 rings (SSSR count). The molecular formula is C13H15F4NO3. The van der Waals surface area contributed by atoms with Gasteiger partial charge in [0.15, 0.2) is 11.6 Å². The van der Waals surface area contributed by atoms with Crippen LogP contribution in [0.1, 0.15) is 12.5 Å². The minimum absolute atomic E-state index is 0.0163. The Morgan fingerprint density at radius 2 is 2.05 bits per heavy atom. The van der Waals surface area contributed by atoms with E-state index >= 15 is 0 Å². The van der Waals surface area contributed by atoms with Crippen LogP contribution < -0.4 is 10.1 Å². The molecule has 0 atom stereocenters. The second-order valence-electron chi connectivity index (χ2n) is 4.08. The van der Waals surface area contributed by atoms with Crippen molar-refractivity contribution in [3.63, 3.8) is 0 Å². The van der Waals surface area contributed by atoms with Gasteiger partial charge < -0.3 is 14.8 Å². The molecule has 0 aliphatic carbocycles. The molecule has 4 nitrogen and oxygen atoms in total. The van der Waals surface area contributed by atoms with E-state index in [1.54, 1.807) is 13.0 Å². The van der Waals surface area contributed by atoms with Gasteiger partial charge in [-0.15, -0.1) is 0 Å². The number of rotatable bonds is 7. The number of alkyl halides is 3. The average Bonchev–Trinajstić information content (AvgIpc) is 2.38. The van der Waals surface area contributed by atoms with E-state index in [1.165, 1.54) is 12.1 Å². The number of halogens is 4. The van der Waals surface area contributed by atoms with Crippen LogP contribution in [0, 0.1) is 5.82 Å². The molecule has 1 aromatic carbocycles. The summed E-state index contributed by atoms with van der Waals surface area (Å²) in [5.74, 6) is -1.19. The molecule has 0 bridgehead atoms. The standard InChI is InChI=1S/C13H15F4NO3/c1-2-21-11-4-3-9(5-10(11)14)6-18-12(19)7-20-8-13(15,16)17/h3-5H,2,6-8H2,1H3,(H,18,19). The van der Waals surface area contributed by atoms with Gasteiger partial charge in [-0.25, -0.2) is 4.39 Å². The monoisotopic (exact) mass is 309 g/mol. The Bertz CT molecular complexity index is 477. The van der Waals surface area contributed by atoms with Gasteiger partial charge in [-0.1, -0.05) is 6.07 Å².